The first kappa shape index (κ1) is 19.6. The molecule has 0 saturated carbocycles. The summed E-state index contributed by atoms with van der Waals surface area (Å²) in [6.45, 7) is 1.90. The molecule has 1 amide bonds. The first-order valence-corrected chi connectivity index (χ1v) is 9.89. The van der Waals surface area contributed by atoms with Gasteiger partial charge >= 0.3 is 0 Å². The summed E-state index contributed by atoms with van der Waals surface area (Å²) >= 11 is 0. The highest BCUT2D eigenvalue weighted by Gasteiger charge is 2.22. The lowest BCUT2D eigenvalue weighted by molar-refractivity contribution is -0.384. The summed E-state index contributed by atoms with van der Waals surface area (Å²) in [6.07, 6.45) is 8.34. The van der Waals surface area contributed by atoms with Gasteiger partial charge in [-0.25, -0.2) is 9.67 Å². The average Bonchev–Trinajstić information content (AvgIpc) is 3.32. The number of nitro groups is 1. The highest BCUT2D eigenvalue weighted by molar-refractivity contribution is 6.00. The van der Waals surface area contributed by atoms with Crippen molar-refractivity contribution in [1.29, 1.82) is 0 Å². The third kappa shape index (κ3) is 4.14. The largest absolute Gasteiger partial charge is 0.371 e. The number of hydrogen-bond acceptors (Lipinski definition) is 6. The van der Waals surface area contributed by atoms with E-state index in [-0.39, 0.29) is 18.1 Å². The zero-order valence-corrected chi connectivity index (χ0v) is 16.4. The molecule has 1 aliphatic heterocycles. The first-order valence-electron chi connectivity index (χ1n) is 9.89. The van der Waals surface area contributed by atoms with Crippen molar-refractivity contribution in [3.05, 3.63) is 76.2 Å². The van der Waals surface area contributed by atoms with Crippen LogP contribution in [0.1, 0.15) is 35.2 Å². The van der Waals surface area contributed by atoms with Crippen molar-refractivity contribution in [2.24, 2.45) is 0 Å². The minimum Gasteiger partial charge on any atom is -0.371 e. The van der Waals surface area contributed by atoms with E-state index in [1.165, 1.54) is 12.1 Å². The number of carbonyl (C=O) groups is 1. The average molecular weight is 406 g/mol. The highest BCUT2D eigenvalue weighted by atomic mass is 16.6. The molecule has 0 aliphatic carbocycles. The second-order valence-electron chi connectivity index (χ2n) is 7.13. The summed E-state index contributed by atoms with van der Waals surface area (Å²) in [5.41, 5.74) is 1.74. The van der Waals surface area contributed by atoms with Gasteiger partial charge in [-0.15, -0.1) is 0 Å². The maximum absolute atomic E-state index is 13.1. The molecule has 1 saturated heterocycles. The standard InChI is InChI=1S/C21H22N6O3/c28-21(23-15-16-6-4-9-22-20(16)26-13-5-10-24-26)18-14-17(27(29)30)7-8-19(18)25-11-2-1-3-12-25/h4-10,13-14H,1-3,11-12,15H2,(H,23,28). The molecule has 0 spiro atoms. The van der Waals surface area contributed by atoms with E-state index < -0.39 is 4.92 Å². The van der Waals surface area contributed by atoms with Crippen LogP contribution >= 0.6 is 0 Å². The molecule has 3 heterocycles. The van der Waals surface area contributed by atoms with Crippen LogP contribution in [-0.4, -0.2) is 38.7 Å². The van der Waals surface area contributed by atoms with Crippen LogP contribution in [0.15, 0.2) is 55.0 Å². The molecule has 2 aromatic heterocycles. The van der Waals surface area contributed by atoms with Gasteiger partial charge in [0.05, 0.1) is 16.2 Å². The predicted octanol–water partition coefficient (Wildman–Crippen LogP) is 3.10. The summed E-state index contributed by atoms with van der Waals surface area (Å²) in [7, 11) is 0. The Bertz CT molecular complexity index is 1040. The summed E-state index contributed by atoms with van der Waals surface area (Å²) in [5, 5.41) is 18.4. The van der Waals surface area contributed by atoms with Crippen molar-refractivity contribution >= 4 is 17.3 Å². The molecule has 1 N–H and O–H groups in total. The second-order valence-corrected chi connectivity index (χ2v) is 7.13. The molecule has 154 valence electrons. The molecule has 0 bridgehead atoms. The number of nitrogens with zero attached hydrogens (tertiary/aromatic N) is 5. The van der Waals surface area contributed by atoms with Crippen molar-refractivity contribution in [1.82, 2.24) is 20.1 Å². The molecule has 1 aliphatic rings. The molecule has 0 atom stereocenters. The molecule has 1 aromatic carbocycles. The fourth-order valence-electron chi connectivity index (χ4n) is 3.67. The highest BCUT2D eigenvalue weighted by Crippen LogP contribution is 2.28. The molecule has 30 heavy (non-hydrogen) atoms. The van der Waals surface area contributed by atoms with Crippen LogP contribution in [0.2, 0.25) is 0 Å². The van der Waals surface area contributed by atoms with Gasteiger partial charge in [-0.05, 0) is 37.5 Å². The normalized spacial score (nSPS) is 13.8. The Morgan fingerprint density at radius 3 is 2.70 bits per heavy atom. The Hall–Kier alpha value is -3.75. The van der Waals surface area contributed by atoms with Crippen molar-refractivity contribution < 1.29 is 9.72 Å². The summed E-state index contributed by atoms with van der Waals surface area (Å²) in [4.78, 5) is 30.3. The number of nitrogens with one attached hydrogen (secondary N) is 1. The number of amides is 1. The number of piperidine rings is 1. The first-order chi connectivity index (χ1) is 14.6. The number of hydrogen-bond donors (Lipinski definition) is 1. The zero-order valence-electron chi connectivity index (χ0n) is 16.4. The molecule has 9 nitrogen and oxygen atoms in total. The van der Waals surface area contributed by atoms with E-state index in [9.17, 15) is 14.9 Å². The van der Waals surface area contributed by atoms with Gasteiger partial charge in [0.2, 0.25) is 0 Å². The van der Waals surface area contributed by atoms with E-state index in [1.54, 1.807) is 41.5 Å². The Labute approximate surface area is 173 Å². The number of pyridine rings is 1. The Balaban J connectivity index is 1.59. The lowest BCUT2D eigenvalue weighted by Gasteiger charge is -2.30. The molecule has 9 heteroatoms. The lowest BCUT2D eigenvalue weighted by atomic mass is 10.1. The van der Waals surface area contributed by atoms with E-state index >= 15 is 0 Å². The van der Waals surface area contributed by atoms with E-state index in [2.05, 4.69) is 20.3 Å². The van der Waals surface area contributed by atoms with Gasteiger partial charge in [-0.3, -0.25) is 14.9 Å². The summed E-state index contributed by atoms with van der Waals surface area (Å²) < 4.78 is 1.63. The maximum Gasteiger partial charge on any atom is 0.270 e. The smallest absolute Gasteiger partial charge is 0.270 e. The van der Waals surface area contributed by atoms with Gasteiger partial charge in [-0.2, -0.15) is 5.10 Å². The van der Waals surface area contributed by atoms with Gasteiger partial charge in [0.25, 0.3) is 11.6 Å². The fourth-order valence-corrected chi connectivity index (χ4v) is 3.67. The number of aromatic nitrogens is 3. The quantitative estimate of drug-likeness (QED) is 0.498. The van der Waals surface area contributed by atoms with Crippen LogP contribution < -0.4 is 10.2 Å². The fraction of sp³-hybridized carbons (Fsp3) is 0.286. The Kier molecular flexibility index (Phi) is 5.69. The third-order valence-corrected chi connectivity index (χ3v) is 5.16. The van der Waals surface area contributed by atoms with E-state index in [0.29, 0.717) is 11.4 Å². The van der Waals surface area contributed by atoms with Crippen LogP contribution in [0.5, 0.6) is 0 Å². The number of nitro benzene ring substituents is 1. The van der Waals surface area contributed by atoms with Crippen molar-refractivity contribution in [3.8, 4) is 5.82 Å². The van der Waals surface area contributed by atoms with Gasteiger partial charge in [-0.1, -0.05) is 6.07 Å². The minimum atomic E-state index is -0.478. The molecule has 0 radical (unpaired) electrons. The number of anilines is 1. The van der Waals surface area contributed by atoms with E-state index in [1.807, 2.05) is 6.07 Å². The van der Waals surface area contributed by atoms with E-state index in [0.717, 1.165) is 43.6 Å². The Morgan fingerprint density at radius 1 is 1.13 bits per heavy atom. The topological polar surface area (TPSA) is 106 Å². The van der Waals surface area contributed by atoms with Crippen LogP contribution in [0.25, 0.3) is 5.82 Å². The van der Waals surface area contributed by atoms with Crippen LogP contribution in [0.4, 0.5) is 11.4 Å². The van der Waals surface area contributed by atoms with Crippen molar-refractivity contribution in [2.75, 3.05) is 18.0 Å². The van der Waals surface area contributed by atoms with Gasteiger partial charge < -0.3 is 10.2 Å². The molecular formula is C21H22N6O3. The summed E-state index contributed by atoms with van der Waals surface area (Å²) in [5.74, 6) is 0.271. The monoisotopic (exact) mass is 406 g/mol. The summed E-state index contributed by atoms with van der Waals surface area (Å²) in [6, 6.07) is 9.95. The number of carbonyl (C=O) groups excluding carboxylic acids is 1. The third-order valence-electron chi connectivity index (χ3n) is 5.16. The molecule has 4 rings (SSSR count). The number of benzene rings is 1. The van der Waals surface area contributed by atoms with Crippen molar-refractivity contribution in [3.63, 3.8) is 0 Å². The van der Waals surface area contributed by atoms with Crippen molar-refractivity contribution in [2.45, 2.75) is 25.8 Å². The molecular weight excluding hydrogens is 384 g/mol. The van der Waals surface area contributed by atoms with Gasteiger partial charge in [0.1, 0.15) is 0 Å². The van der Waals surface area contributed by atoms with E-state index in [4.69, 9.17) is 0 Å². The Morgan fingerprint density at radius 2 is 1.97 bits per heavy atom. The van der Waals surface area contributed by atoms with Crippen LogP contribution in [0, 0.1) is 10.1 Å². The van der Waals surface area contributed by atoms with Crippen LogP contribution in [-0.2, 0) is 6.54 Å². The maximum atomic E-state index is 13.1. The van der Waals surface area contributed by atoms with Gasteiger partial charge in [0.15, 0.2) is 5.82 Å². The lowest BCUT2D eigenvalue weighted by Crippen LogP contribution is -2.32. The molecule has 1 fully saturated rings. The van der Waals surface area contributed by atoms with Gasteiger partial charge in [0, 0.05) is 55.9 Å². The second kappa shape index (κ2) is 8.73. The van der Waals surface area contributed by atoms with Crippen LogP contribution in [0.3, 0.4) is 0 Å². The zero-order chi connectivity index (χ0) is 20.9. The SMILES string of the molecule is O=C(NCc1cccnc1-n1cccn1)c1cc([N+](=O)[O-])ccc1N1CCCCC1. The minimum absolute atomic E-state index is 0.0977. The number of rotatable bonds is 6. The molecule has 0 unspecified atom stereocenters. The molecule has 3 aromatic rings. The predicted molar refractivity (Wildman–Crippen MR) is 112 cm³/mol. The number of non-ortho nitro benzene ring substituents is 1.